The zero-order valence-corrected chi connectivity index (χ0v) is 18.0. The molecule has 0 saturated carbocycles. The maximum absolute atomic E-state index is 12.3. The number of rotatable bonds is 11. The van der Waals surface area contributed by atoms with Crippen LogP contribution in [0.2, 0.25) is 0 Å². The molecule has 0 heterocycles. The smallest absolute Gasteiger partial charge is 0.253 e. The van der Waals surface area contributed by atoms with E-state index in [0.717, 1.165) is 6.42 Å². The Balaban J connectivity index is -0.00000134. The van der Waals surface area contributed by atoms with Crippen LogP contribution in [0.4, 0.5) is 0 Å². The van der Waals surface area contributed by atoms with Gasteiger partial charge in [-0.25, -0.2) is 5.53 Å². The van der Waals surface area contributed by atoms with Gasteiger partial charge >= 0.3 is 0 Å². The Kier molecular flexibility index (Phi) is 21.7. The number of hydrogen-bond donors (Lipinski definition) is 2. The van der Waals surface area contributed by atoms with Crippen molar-refractivity contribution in [3.05, 3.63) is 36.1 Å². The number of allylic oxidation sites excluding steroid dienone is 3. The first-order chi connectivity index (χ1) is 12.9. The Hall–Kier alpha value is -2.37. The van der Waals surface area contributed by atoms with Crippen molar-refractivity contribution in [1.82, 2.24) is 5.32 Å². The van der Waals surface area contributed by atoms with E-state index in [0.29, 0.717) is 6.42 Å². The molecule has 0 aliphatic heterocycles. The number of nitrogens with one attached hydrogen (secondary N) is 2. The molecule has 0 rings (SSSR count). The molecule has 0 radical (unpaired) electrons. The first-order valence-electron chi connectivity index (χ1n) is 9.57. The summed E-state index contributed by atoms with van der Waals surface area (Å²) in [5, 5.41) is 5.87. The topological polar surface area (TPSA) is 99.4 Å². The van der Waals surface area contributed by atoms with Crippen LogP contribution in [0.5, 0.6) is 0 Å². The molecule has 0 bridgehead atoms. The first kappa shape index (κ1) is 29.4. The van der Waals surface area contributed by atoms with E-state index in [2.05, 4.69) is 17.0 Å². The van der Waals surface area contributed by atoms with E-state index in [1.165, 1.54) is 26.0 Å². The molecule has 0 fully saturated rings. The molecular weight excluding hydrogens is 342 g/mol. The van der Waals surface area contributed by atoms with Crippen LogP contribution in [0, 0.1) is 5.53 Å². The number of hydrogen-bond acceptors (Lipinski definition) is 5. The van der Waals surface area contributed by atoms with Crippen LogP contribution in [0.25, 0.3) is 0 Å². The standard InChI is InChI=1S/C17H25N3O3.2C2H6/c1-5-7-9-15(12(3)20-18)17(23)19-16(13(4)21)11-10-14(22)8-6-2;2*1-2/h5,7,9,16,18H,1,6,8,10-11H2,2-4H3,(H,19,23);2*1-2H3/b9-7-,15-12-,20-18?;;. The molecule has 27 heavy (non-hydrogen) atoms. The van der Waals surface area contributed by atoms with E-state index in [-0.39, 0.29) is 35.7 Å². The maximum Gasteiger partial charge on any atom is 0.253 e. The molecule has 0 spiro atoms. The second-order valence-electron chi connectivity index (χ2n) is 5.17. The number of carbonyl (C=O) groups is 3. The van der Waals surface area contributed by atoms with Gasteiger partial charge in [-0.05, 0) is 32.8 Å². The highest BCUT2D eigenvalue weighted by atomic mass is 16.2. The number of carbonyl (C=O) groups excluding carboxylic acids is 3. The fraction of sp³-hybridized carbons (Fsp3) is 0.571. The molecule has 1 unspecified atom stereocenters. The second-order valence-corrected chi connectivity index (χ2v) is 5.17. The Bertz CT molecular complexity index is 535. The first-order valence-corrected chi connectivity index (χ1v) is 9.57. The van der Waals surface area contributed by atoms with Gasteiger partial charge in [0, 0.05) is 12.8 Å². The summed E-state index contributed by atoms with van der Waals surface area (Å²) in [6, 6.07) is -0.728. The van der Waals surface area contributed by atoms with E-state index >= 15 is 0 Å². The Morgan fingerprint density at radius 2 is 1.67 bits per heavy atom. The lowest BCUT2D eigenvalue weighted by molar-refractivity contribution is -0.125. The van der Waals surface area contributed by atoms with Crippen molar-refractivity contribution in [2.24, 2.45) is 5.11 Å². The van der Waals surface area contributed by atoms with Crippen LogP contribution < -0.4 is 5.32 Å². The monoisotopic (exact) mass is 379 g/mol. The Morgan fingerprint density at radius 3 is 2.07 bits per heavy atom. The second kappa shape index (κ2) is 19.9. The van der Waals surface area contributed by atoms with Gasteiger partial charge < -0.3 is 5.32 Å². The lowest BCUT2D eigenvalue weighted by Crippen LogP contribution is -2.40. The summed E-state index contributed by atoms with van der Waals surface area (Å²) in [5.41, 5.74) is 7.45. The highest BCUT2D eigenvalue weighted by Gasteiger charge is 2.20. The Morgan fingerprint density at radius 1 is 1.11 bits per heavy atom. The molecule has 6 nitrogen and oxygen atoms in total. The van der Waals surface area contributed by atoms with E-state index in [4.69, 9.17) is 5.53 Å². The van der Waals surface area contributed by atoms with Gasteiger partial charge in [-0.15, -0.1) is 0 Å². The van der Waals surface area contributed by atoms with Gasteiger partial charge in [-0.3, -0.25) is 14.4 Å². The molecule has 154 valence electrons. The average Bonchev–Trinajstić information content (AvgIpc) is 2.68. The minimum Gasteiger partial charge on any atom is -0.342 e. The number of Topliss-reactive ketones (excluding diaryl/α,β-unsaturated/α-hetero) is 2. The Labute approximate surface area is 164 Å². The molecule has 2 N–H and O–H groups in total. The van der Waals surface area contributed by atoms with Gasteiger partial charge in [0.25, 0.3) is 5.91 Å². The fourth-order valence-corrected chi connectivity index (χ4v) is 1.91. The summed E-state index contributed by atoms with van der Waals surface area (Å²) < 4.78 is 0. The third-order valence-corrected chi connectivity index (χ3v) is 3.24. The zero-order valence-electron chi connectivity index (χ0n) is 18.0. The van der Waals surface area contributed by atoms with E-state index in [1.807, 2.05) is 34.6 Å². The van der Waals surface area contributed by atoms with Gasteiger partial charge in [0.15, 0.2) is 5.78 Å². The summed E-state index contributed by atoms with van der Waals surface area (Å²) >= 11 is 0. The van der Waals surface area contributed by atoms with E-state index in [1.54, 1.807) is 6.08 Å². The molecule has 0 aliphatic rings. The normalized spacial score (nSPS) is 11.7. The highest BCUT2D eigenvalue weighted by molar-refractivity contribution is 5.99. The molecule has 6 heteroatoms. The number of amides is 1. The van der Waals surface area contributed by atoms with Crippen molar-refractivity contribution in [2.45, 2.75) is 80.2 Å². The van der Waals surface area contributed by atoms with Gasteiger partial charge in [-0.2, -0.15) is 5.11 Å². The summed E-state index contributed by atoms with van der Waals surface area (Å²) in [5.74, 6) is -0.637. The lowest BCUT2D eigenvalue weighted by atomic mass is 10.0. The van der Waals surface area contributed by atoms with Gasteiger partial charge in [0.2, 0.25) is 0 Å². The van der Waals surface area contributed by atoms with Gasteiger partial charge in [0.1, 0.15) is 5.78 Å². The maximum atomic E-state index is 12.3. The van der Waals surface area contributed by atoms with Crippen LogP contribution in [0.3, 0.4) is 0 Å². The summed E-state index contributed by atoms with van der Waals surface area (Å²) in [6.45, 7) is 16.3. The fourth-order valence-electron chi connectivity index (χ4n) is 1.91. The van der Waals surface area contributed by atoms with Crippen molar-refractivity contribution in [2.75, 3.05) is 0 Å². The summed E-state index contributed by atoms with van der Waals surface area (Å²) in [6.07, 6.45) is 6.29. The highest BCUT2D eigenvalue weighted by Crippen LogP contribution is 2.10. The minimum absolute atomic E-state index is 0.0765. The van der Waals surface area contributed by atoms with Crippen molar-refractivity contribution in [3.8, 4) is 0 Å². The lowest BCUT2D eigenvalue weighted by Gasteiger charge is -2.16. The molecule has 0 aliphatic carbocycles. The number of nitrogens with zero attached hydrogens (tertiary/aromatic N) is 1. The van der Waals surface area contributed by atoms with Crippen LogP contribution >= 0.6 is 0 Å². The van der Waals surface area contributed by atoms with E-state index < -0.39 is 11.9 Å². The van der Waals surface area contributed by atoms with Crippen LogP contribution in [0.15, 0.2) is 41.2 Å². The summed E-state index contributed by atoms with van der Waals surface area (Å²) in [7, 11) is 0. The molecule has 0 aromatic rings. The van der Waals surface area contributed by atoms with Crippen LogP contribution in [-0.4, -0.2) is 23.5 Å². The van der Waals surface area contributed by atoms with Crippen LogP contribution in [0.1, 0.15) is 74.1 Å². The third-order valence-electron chi connectivity index (χ3n) is 3.24. The number of ketones is 2. The SMILES string of the molecule is C=C/C=C\C(C(=O)NC(CCC(=O)CCC)C(C)=O)=C(/C)N=N.CC.CC. The molecule has 1 amide bonds. The minimum atomic E-state index is -0.728. The van der Waals surface area contributed by atoms with E-state index in [9.17, 15) is 14.4 Å². The third kappa shape index (κ3) is 14.5. The molecule has 0 aromatic carbocycles. The largest absolute Gasteiger partial charge is 0.342 e. The van der Waals surface area contributed by atoms with Gasteiger partial charge in [-0.1, -0.05) is 53.3 Å². The average molecular weight is 380 g/mol. The predicted octanol–water partition coefficient (Wildman–Crippen LogP) is 5.31. The predicted molar refractivity (Wildman–Crippen MR) is 112 cm³/mol. The van der Waals surface area contributed by atoms with Crippen molar-refractivity contribution in [3.63, 3.8) is 0 Å². The van der Waals surface area contributed by atoms with Gasteiger partial charge in [0.05, 0.1) is 17.3 Å². The molecular formula is C21H37N3O3. The quantitative estimate of drug-likeness (QED) is 0.289. The molecule has 0 saturated heterocycles. The van der Waals surface area contributed by atoms with Crippen molar-refractivity contribution < 1.29 is 14.4 Å². The van der Waals surface area contributed by atoms with Crippen LogP contribution in [-0.2, 0) is 14.4 Å². The van der Waals surface area contributed by atoms with Crippen molar-refractivity contribution >= 4 is 17.5 Å². The zero-order chi connectivity index (χ0) is 21.8. The molecule has 1 atom stereocenters. The summed E-state index contributed by atoms with van der Waals surface area (Å²) in [4.78, 5) is 35.6. The van der Waals surface area contributed by atoms with Crippen molar-refractivity contribution in [1.29, 1.82) is 5.53 Å². The molecule has 0 aromatic heterocycles.